The minimum Gasteiger partial charge on any atom is -0.496 e. The fourth-order valence-corrected chi connectivity index (χ4v) is 2.34. The first-order valence-electron chi connectivity index (χ1n) is 7.74. The van der Waals surface area contributed by atoms with Gasteiger partial charge in [0.05, 0.1) is 12.8 Å². The number of hydrogen-bond donors (Lipinski definition) is 2. The number of hydrogen-bond acceptors (Lipinski definition) is 4. The summed E-state index contributed by atoms with van der Waals surface area (Å²) < 4.78 is 5.25. The summed E-state index contributed by atoms with van der Waals surface area (Å²) in [5.41, 5.74) is 6.49. The fourth-order valence-electron chi connectivity index (χ4n) is 2.34. The van der Waals surface area contributed by atoms with Gasteiger partial charge in [0.25, 0.3) is 0 Å². The number of carbonyl (C=O) groups excluding carboxylic acids is 1. The van der Waals surface area contributed by atoms with Crippen LogP contribution in [0.25, 0.3) is 6.08 Å². The van der Waals surface area contributed by atoms with Crippen molar-refractivity contribution in [1.82, 2.24) is 15.6 Å². The normalized spacial score (nSPS) is 11.3. The largest absolute Gasteiger partial charge is 0.496 e. The number of carbonyl (C=O) groups is 1. The maximum atomic E-state index is 11.8. The smallest absolute Gasteiger partial charge is 0.240 e. The maximum Gasteiger partial charge on any atom is 0.240 e. The Morgan fingerprint density at radius 3 is 2.88 bits per heavy atom. The molecule has 0 unspecified atom stereocenters. The molecule has 0 atom stereocenters. The number of benzene rings is 1. The van der Waals surface area contributed by atoms with Crippen molar-refractivity contribution in [2.75, 3.05) is 7.11 Å². The van der Waals surface area contributed by atoms with Gasteiger partial charge in [-0.2, -0.15) is 10.2 Å². The Kier molecular flexibility index (Phi) is 6.31. The van der Waals surface area contributed by atoms with Crippen molar-refractivity contribution < 1.29 is 9.53 Å². The number of aromatic nitrogens is 2. The molecular formula is C18H22N4O2. The summed E-state index contributed by atoms with van der Waals surface area (Å²) in [7, 11) is 1.63. The molecule has 126 valence electrons. The molecule has 0 aliphatic rings. The van der Waals surface area contributed by atoms with E-state index in [1.165, 1.54) is 0 Å². The van der Waals surface area contributed by atoms with E-state index < -0.39 is 0 Å². The highest BCUT2D eigenvalue weighted by Gasteiger charge is 2.08. The van der Waals surface area contributed by atoms with E-state index in [1.807, 2.05) is 44.2 Å². The third-order valence-electron chi connectivity index (χ3n) is 3.65. The average Bonchev–Trinajstić information content (AvgIpc) is 2.91. The monoisotopic (exact) mass is 326 g/mol. The fraction of sp³-hybridized carbons (Fsp3) is 0.278. The first kappa shape index (κ1) is 17.5. The predicted octanol–water partition coefficient (Wildman–Crippen LogP) is 2.78. The minimum atomic E-state index is -0.128. The van der Waals surface area contributed by atoms with Gasteiger partial charge in [-0.1, -0.05) is 18.2 Å². The number of allylic oxidation sites excluding steroid dienone is 1. The molecule has 0 radical (unpaired) electrons. The maximum absolute atomic E-state index is 11.8. The van der Waals surface area contributed by atoms with Crippen molar-refractivity contribution in [3.05, 3.63) is 52.9 Å². The second kappa shape index (κ2) is 8.67. The number of aromatic amines is 1. The number of hydrazone groups is 1. The summed E-state index contributed by atoms with van der Waals surface area (Å²) in [6.45, 7) is 3.88. The molecule has 1 aromatic carbocycles. The summed E-state index contributed by atoms with van der Waals surface area (Å²) in [5.74, 6) is 0.661. The zero-order valence-corrected chi connectivity index (χ0v) is 14.2. The molecule has 1 heterocycles. The van der Waals surface area contributed by atoms with Crippen LogP contribution in [0.15, 0.2) is 35.4 Å². The van der Waals surface area contributed by atoms with Crippen molar-refractivity contribution in [3.63, 3.8) is 0 Å². The van der Waals surface area contributed by atoms with Gasteiger partial charge in [0.1, 0.15) is 5.75 Å². The van der Waals surface area contributed by atoms with Crippen molar-refractivity contribution >= 4 is 18.2 Å². The first-order valence-corrected chi connectivity index (χ1v) is 7.74. The van der Waals surface area contributed by atoms with Gasteiger partial charge in [0.2, 0.25) is 5.91 Å². The number of H-pyrrole nitrogens is 1. The van der Waals surface area contributed by atoms with Crippen LogP contribution in [0.2, 0.25) is 0 Å². The van der Waals surface area contributed by atoms with Gasteiger partial charge < -0.3 is 4.74 Å². The van der Waals surface area contributed by atoms with E-state index >= 15 is 0 Å². The highest BCUT2D eigenvalue weighted by Crippen LogP contribution is 2.18. The van der Waals surface area contributed by atoms with Crippen molar-refractivity contribution in [1.29, 1.82) is 0 Å². The molecule has 0 saturated heterocycles. The number of aryl methyl sites for hydroxylation is 2. The topological polar surface area (TPSA) is 79.4 Å². The average molecular weight is 326 g/mol. The minimum absolute atomic E-state index is 0.128. The summed E-state index contributed by atoms with van der Waals surface area (Å²) in [5, 5.41) is 10.9. The van der Waals surface area contributed by atoms with Crippen LogP contribution < -0.4 is 10.2 Å². The molecule has 0 fully saturated rings. The molecule has 0 aliphatic heterocycles. The first-order chi connectivity index (χ1) is 11.6. The lowest BCUT2D eigenvalue weighted by Gasteiger charge is -2.02. The van der Waals surface area contributed by atoms with E-state index in [4.69, 9.17) is 4.74 Å². The number of para-hydroxylation sites is 1. The van der Waals surface area contributed by atoms with Crippen LogP contribution in [0.4, 0.5) is 0 Å². The molecule has 1 aromatic heterocycles. The Bertz CT molecular complexity index is 728. The summed E-state index contributed by atoms with van der Waals surface area (Å²) in [6.07, 6.45) is 6.18. The third kappa shape index (κ3) is 4.81. The summed E-state index contributed by atoms with van der Waals surface area (Å²) in [4.78, 5) is 11.8. The number of amides is 1. The quantitative estimate of drug-likeness (QED) is 0.606. The molecule has 0 saturated carbocycles. The van der Waals surface area contributed by atoms with Crippen LogP contribution >= 0.6 is 0 Å². The Morgan fingerprint density at radius 1 is 1.38 bits per heavy atom. The molecule has 24 heavy (non-hydrogen) atoms. The molecular weight excluding hydrogens is 304 g/mol. The van der Waals surface area contributed by atoms with E-state index in [0.717, 1.165) is 28.3 Å². The second-order valence-electron chi connectivity index (χ2n) is 5.33. The lowest BCUT2D eigenvalue weighted by Crippen LogP contribution is -2.17. The highest BCUT2D eigenvalue weighted by molar-refractivity contribution is 5.82. The second-order valence-corrected chi connectivity index (χ2v) is 5.33. The van der Waals surface area contributed by atoms with E-state index in [0.29, 0.717) is 12.8 Å². The Balaban J connectivity index is 1.79. The lowest BCUT2D eigenvalue weighted by molar-refractivity contribution is -0.121. The summed E-state index contributed by atoms with van der Waals surface area (Å²) >= 11 is 0. The van der Waals surface area contributed by atoms with E-state index in [-0.39, 0.29) is 5.91 Å². The van der Waals surface area contributed by atoms with E-state index in [9.17, 15) is 4.79 Å². The Morgan fingerprint density at radius 2 is 2.17 bits per heavy atom. The van der Waals surface area contributed by atoms with Crippen molar-refractivity contribution in [2.24, 2.45) is 5.10 Å². The van der Waals surface area contributed by atoms with Gasteiger partial charge in [-0.25, -0.2) is 5.43 Å². The molecule has 2 aromatic rings. The number of nitrogens with zero attached hydrogens (tertiary/aromatic N) is 2. The SMILES string of the molecule is COc1ccccc1/C=C/C=N\NC(=O)CCc1c(C)n[nH]c1C. The van der Waals surface area contributed by atoms with Crippen LogP contribution in [0.5, 0.6) is 5.75 Å². The molecule has 1 amide bonds. The lowest BCUT2D eigenvalue weighted by atomic mass is 10.1. The van der Waals surface area contributed by atoms with Gasteiger partial charge in [-0.15, -0.1) is 0 Å². The highest BCUT2D eigenvalue weighted by atomic mass is 16.5. The zero-order chi connectivity index (χ0) is 17.4. The van der Waals surface area contributed by atoms with Gasteiger partial charge in [0.15, 0.2) is 0 Å². The molecule has 6 heteroatoms. The standard InChI is InChI=1S/C18H22N4O2/c1-13-16(14(2)21-20-13)10-11-18(23)22-19-12-6-8-15-7-4-5-9-17(15)24-3/h4-9,12H,10-11H2,1-3H3,(H,20,21)(H,22,23)/b8-6+,19-12-. The van der Waals surface area contributed by atoms with Gasteiger partial charge in [0, 0.05) is 23.9 Å². The van der Waals surface area contributed by atoms with E-state index in [2.05, 4.69) is 20.7 Å². The predicted molar refractivity (Wildman–Crippen MR) is 95.0 cm³/mol. The number of nitrogens with one attached hydrogen (secondary N) is 2. The van der Waals surface area contributed by atoms with E-state index in [1.54, 1.807) is 19.4 Å². The van der Waals surface area contributed by atoms with Crippen LogP contribution in [-0.4, -0.2) is 29.4 Å². The molecule has 2 rings (SSSR count). The molecule has 0 spiro atoms. The third-order valence-corrected chi connectivity index (χ3v) is 3.65. The molecule has 2 N–H and O–H groups in total. The van der Waals surface area contributed by atoms with Crippen LogP contribution in [0.1, 0.15) is 28.9 Å². The van der Waals surface area contributed by atoms with Crippen molar-refractivity contribution in [2.45, 2.75) is 26.7 Å². The van der Waals surface area contributed by atoms with Crippen LogP contribution in [0, 0.1) is 13.8 Å². The van der Waals surface area contributed by atoms with Gasteiger partial charge >= 0.3 is 0 Å². The number of methoxy groups -OCH3 is 1. The number of rotatable bonds is 7. The van der Waals surface area contributed by atoms with Crippen LogP contribution in [0.3, 0.4) is 0 Å². The number of ether oxygens (including phenoxy) is 1. The summed E-state index contributed by atoms with van der Waals surface area (Å²) in [6, 6.07) is 7.67. The Labute approximate surface area is 141 Å². The van der Waals surface area contributed by atoms with Gasteiger partial charge in [-0.3, -0.25) is 9.89 Å². The van der Waals surface area contributed by atoms with Crippen LogP contribution in [-0.2, 0) is 11.2 Å². The molecule has 0 aliphatic carbocycles. The molecule has 6 nitrogen and oxygen atoms in total. The van der Waals surface area contributed by atoms with Gasteiger partial charge in [-0.05, 0) is 44.1 Å². The zero-order valence-electron chi connectivity index (χ0n) is 14.2. The van der Waals surface area contributed by atoms with Crippen molar-refractivity contribution in [3.8, 4) is 5.75 Å². The Hall–Kier alpha value is -2.89. The molecule has 0 bridgehead atoms.